The monoisotopic (exact) mass is 320 g/mol. The Labute approximate surface area is 124 Å². The van der Waals surface area contributed by atoms with Crippen LogP contribution in [0.25, 0.3) is 0 Å². The van der Waals surface area contributed by atoms with Crippen molar-refractivity contribution in [3.05, 3.63) is 35.6 Å². The van der Waals surface area contributed by atoms with E-state index in [0.717, 1.165) is 5.56 Å². The SMILES string of the molecule is O=C(CCc1ccc(F)cc1)NCCCNC(=O)C(F)(F)F. The largest absolute Gasteiger partial charge is 0.471 e. The van der Waals surface area contributed by atoms with Gasteiger partial charge < -0.3 is 10.6 Å². The minimum Gasteiger partial charge on any atom is -0.356 e. The van der Waals surface area contributed by atoms with Gasteiger partial charge in [0.2, 0.25) is 5.91 Å². The number of alkyl halides is 3. The van der Waals surface area contributed by atoms with Crippen LogP contribution >= 0.6 is 0 Å². The highest BCUT2D eigenvalue weighted by atomic mass is 19.4. The molecule has 8 heteroatoms. The van der Waals surface area contributed by atoms with E-state index in [0.29, 0.717) is 6.42 Å². The molecule has 0 unspecified atom stereocenters. The Morgan fingerprint density at radius 2 is 1.59 bits per heavy atom. The lowest BCUT2D eigenvalue weighted by atomic mass is 10.1. The highest BCUT2D eigenvalue weighted by Gasteiger charge is 2.38. The standard InChI is InChI=1S/C14H16F4N2O2/c15-11-5-2-10(3-6-11)4-7-12(21)19-8-1-9-20-13(22)14(16,17)18/h2-3,5-6H,1,4,7-9H2,(H,19,21)(H,20,22). The molecule has 0 aliphatic rings. The molecule has 122 valence electrons. The van der Waals surface area contributed by atoms with E-state index in [4.69, 9.17) is 0 Å². The van der Waals surface area contributed by atoms with E-state index in [1.807, 2.05) is 0 Å². The summed E-state index contributed by atoms with van der Waals surface area (Å²) in [4.78, 5) is 22.0. The first kappa shape index (κ1) is 17.9. The topological polar surface area (TPSA) is 58.2 Å². The van der Waals surface area contributed by atoms with Crippen LogP contribution in [0.5, 0.6) is 0 Å². The Bertz CT molecular complexity index is 501. The minimum atomic E-state index is -4.89. The number of hydrogen-bond acceptors (Lipinski definition) is 2. The molecule has 0 spiro atoms. The van der Waals surface area contributed by atoms with Gasteiger partial charge in [-0.1, -0.05) is 12.1 Å². The van der Waals surface area contributed by atoms with Crippen molar-refractivity contribution in [3.63, 3.8) is 0 Å². The molecule has 0 saturated heterocycles. The van der Waals surface area contributed by atoms with E-state index < -0.39 is 12.1 Å². The molecule has 1 aromatic rings. The molecule has 0 bridgehead atoms. The van der Waals surface area contributed by atoms with E-state index in [1.54, 1.807) is 17.4 Å². The molecule has 0 atom stereocenters. The second-order valence-electron chi connectivity index (χ2n) is 4.58. The van der Waals surface area contributed by atoms with Crippen LogP contribution in [0.3, 0.4) is 0 Å². The summed E-state index contributed by atoms with van der Waals surface area (Å²) in [6.07, 6.45) is -4.06. The lowest BCUT2D eigenvalue weighted by Gasteiger charge is -2.08. The van der Waals surface area contributed by atoms with Gasteiger partial charge in [0.25, 0.3) is 0 Å². The van der Waals surface area contributed by atoms with Crippen molar-refractivity contribution in [2.75, 3.05) is 13.1 Å². The van der Waals surface area contributed by atoms with Gasteiger partial charge in [0.15, 0.2) is 0 Å². The molecule has 0 heterocycles. The summed E-state index contributed by atoms with van der Waals surface area (Å²) in [5.41, 5.74) is 0.814. The predicted molar refractivity (Wildman–Crippen MR) is 71.4 cm³/mol. The maximum absolute atomic E-state index is 12.7. The summed E-state index contributed by atoms with van der Waals surface area (Å²) >= 11 is 0. The molecule has 4 nitrogen and oxygen atoms in total. The maximum Gasteiger partial charge on any atom is 0.471 e. The number of carbonyl (C=O) groups is 2. The Morgan fingerprint density at radius 1 is 1.00 bits per heavy atom. The van der Waals surface area contributed by atoms with Gasteiger partial charge in [0, 0.05) is 19.5 Å². The first-order valence-corrected chi connectivity index (χ1v) is 6.65. The molecule has 0 fully saturated rings. The van der Waals surface area contributed by atoms with Crippen LogP contribution in [0.15, 0.2) is 24.3 Å². The molecule has 0 saturated carbocycles. The number of nitrogens with one attached hydrogen (secondary N) is 2. The quantitative estimate of drug-likeness (QED) is 0.596. The summed E-state index contributed by atoms with van der Waals surface area (Å²) in [6.45, 7) is -0.00300. The number of amides is 2. The lowest BCUT2D eigenvalue weighted by molar-refractivity contribution is -0.173. The van der Waals surface area contributed by atoms with Crippen LogP contribution in [0, 0.1) is 5.82 Å². The van der Waals surface area contributed by atoms with E-state index in [-0.39, 0.29) is 37.7 Å². The van der Waals surface area contributed by atoms with Gasteiger partial charge in [-0.3, -0.25) is 9.59 Å². The van der Waals surface area contributed by atoms with E-state index in [1.165, 1.54) is 12.1 Å². The number of halogens is 4. The maximum atomic E-state index is 12.7. The van der Waals surface area contributed by atoms with Crippen LogP contribution in [0.2, 0.25) is 0 Å². The van der Waals surface area contributed by atoms with Gasteiger partial charge in [0.1, 0.15) is 5.82 Å². The van der Waals surface area contributed by atoms with Crippen molar-refractivity contribution in [1.29, 1.82) is 0 Å². The van der Waals surface area contributed by atoms with E-state index >= 15 is 0 Å². The molecule has 22 heavy (non-hydrogen) atoms. The third-order valence-corrected chi connectivity index (χ3v) is 2.77. The predicted octanol–water partition coefficient (Wildman–Crippen LogP) is 1.94. The third-order valence-electron chi connectivity index (χ3n) is 2.77. The fraction of sp³-hybridized carbons (Fsp3) is 0.429. The number of benzene rings is 1. The normalized spacial score (nSPS) is 11.1. The number of aryl methyl sites for hydroxylation is 1. The molecule has 0 aliphatic carbocycles. The van der Waals surface area contributed by atoms with Gasteiger partial charge >= 0.3 is 12.1 Å². The van der Waals surface area contributed by atoms with Crippen molar-refractivity contribution in [1.82, 2.24) is 10.6 Å². The first-order valence-electron chi connectivity index (χ1n) is 6.65. The van der Waals surface area contributed by atoms with Crippen LogP contribution in [-0.4, -0.2) is 31.1 Å². The molecule has 0 aliphatic heterocycles. The van der Waals surface area contributed by atoms with Crippen LogP contribution in [0.4, 0.5) is 17.6 Å². The average molecular weight is 320 g/mol. The molecule has 1 aromatic carbocycles. The number of rotatable bonds is 7. The molecule has 2 N–H and O–H groups in total. The Balaban J connectivity index is 2.11. The van der Waals surface area contributed by atoms with Crippen molar-refractivity contribution < 1.29 is 27.2 Å². The van der Waals surface area contributed by atoms with Gasteiger partial charge in [-0.25, -0.2) is 4.39 Å². The Morgan fingerprint density at radius 3 is 2.18 bits per heavy atom. The van der Waals surface area contributed by atoms with Gasteiger partial charge in [0.05, 0.1) is 0 Å². The lowest BCUT2D eigenvalue weighted by Crippen LogP contribution is -2.38. The van der Waals surface area contributed by atoms with Crippen molar-refractivity contribution >= 4 is 11.8 Å². The number of hydrogen-bond donors (Lipinski definition) is 2. The Kier molecular flexibility index (Phi) is 6.81. The molecule has 0 radical (unpaired) electrons. The summed E-state index contributed by atoms with van der Waals surface area (Å²) < 4.78 is 48.3. The molecular formula is C14H16F4N2O2. The van der Waals surface area contributed by atoms with Crippen LogP contribution in [-0.2, 0) is 16.0 Å². The van der Waals surface area contributed by atoms with Crippen LogP contribution < -0.4 is 10.6 Å². The van der Waals surface area contributed by atoms with Gasteiger partial charge in [-0.05, 0) is 30.5 Å². The van der Waals surface area contributed by atoms with Gasteiger partial charge in [-0.15, -0.1) is 0 Å². The van der Waals surface area contributed by atoms with Crippen molar-refractivity contribution in [3.8, 4) is 0 Å². The summed E-state index contributed by atoms with van der Waals surface area (Å²) in [5.74, 6) is -2.60. The number of carbonyl (C=O) groups excluding carboxylic acids is 2. The summed E-state index contributed by atoms with van der Waals surface area (Å²) in [7, 11) is 0. The van der Waals surface area contributed by atoms with Crippen LogP contribution in [0.1, 0.15) is 18.4 Å². The van der Waals surface area contributed by atoms with Gasteiger partial charge in [-0.2, -0.15) is 13.2 Å². The smallest absolute Gasteiger partial charge is 0.356 e. The zero-order valence-electron chi connectivity index (χ0n) is 11.7. The zero-order valence-corrected chi connectivity index (χ0v) is 11.7. The van der Waals surface area contributed by atoms with Crippen molar-refractivity contribution in [2.45, 2.75) is 25.4 Å². The van der Waals surface area contributed by atoms with Crippen molar-refractivity contribution in [2.24, 2.45) is 0 Å². The third kappa shape index (κ3) is 7.05. The fourth-order valence-corrected chi connectivity index (χ4v) is 1.62. The van der Waals surface area contributed by atoms with E-state index in [2.05, 4.69) is 5.32 Å². The summed E-state index contributed by atoms with van der Waals surface area (Å²) in [6, 6.07) is 5.76. The van der Waals surface area contributed by atoms with E-state index in [9.17, 15) is 27.2 Å². The Hall–Kier alpha value is -2.12. The molecular weight excluding hydrogens is 304 g/mol. The highest BCUT2D eigenvalue weighted by molar-refractivity contribution is 5.81. The molecule has 0 aromatic heterocycles. The average Bonchev–Trinajstić information content (AvgIpc) is 2.45. The minimum absolute atomic E-state index is 0.167. The first-order chi connectivity index (χ1) is 10.3. The molecule has 1 rings (SSSR count). The fourth-order valence-electron chi connectivity index (χ4n) is 1.62. The summed E-state index contributed by atoms with van der Waals surface area (Å²) in [5, 5.41) is 4.24. The zero-order chi connectivity index (χ0) is 16.6. The highest BCUT2D eigenvalue weighted by Crippen LogP contribution is 2.13. The second-order valence-corrected chi connectivity index (χ2v) is 4.58. The molecule has 2 amide bonds. The second kappa shape index (κ2) is 8.35.